The summed E-state index contributed by atoms with van der Waals surface area (Å²) in [6.07, 6.45) is 3.80. The minimum atomic E-state index is -0.541. The summed E-state index contributed by atoms with van der Waals surface area (Å²) < 4.78 is 5.70. The molecule has 1 aliphatic heterocycles. The van der Waals surface area contributed by atoms with Crippen molar-refractivity contribution in [2.75, 3.05) is 38.6 Å². The van der Waals surface area contributed by atoms with Crippen molar-refractivity contribution >= 4 is 17.7 Å². The third kappa shape index (κ3) is 4.89. The van der Waals surface area contributed by atoms with Crippen molar-refractivity contribution in [2.24, 2.45) is 0 Å². The van der Waals surface area contributed by atoms with E-state index in [1.54, 1.807) is 23.9 Å². The van der Waals surface area contributed by atoms with Crippen molar-refractivity contribution in [3.05, 3.63) is 28.8 Å². The van der Waals surface area contributed by atoms with Gasteiger partial charge in [0.15, 0.2) is 0 Å². The predicted molar refractivity (Wildman–Crippen MR) is 125 cm³/mol. The van der Waals surface area contributed by atoms with Gasteiger partial charge in [-0.2, -0.15) is 0 Å². The van der Waals surface area contributed by atoms with Gasteiger partial charge >= 0.3 is 6.09 Å². The van der Waals surface area contributed by atoms with Crippen molar-refractivity contribution in [1.82, 2.24) is 9.80 Å². The van der Waals surface area contributed by atoms with E-state index in [9.17, 15) is 9.59 Å². The number of hydrogen-bond acceptors (Lipinski definition) is 4. The molecule has 0 bridgehead atoms. The summed E-state index contributed by atoms with van der Waals surface area (Å²) in [7, 11) is 3.60. The molecule has 0 saturated heterocycles. The zero-order valence-corrected chi connectivity index (χ0v) is 20.3. The topological polar surface area (TPSA) is 53.1 Å². The summed E-state index contributed by atoms with van der Waals surface area (Å²) in [5.41, 5.74) is 3.46. The molecule has 3 rings (SSSR count). The van der Waals surface area contributed by atoms with Crippen LogP contribution in [0.2, 0.25) is 0 Å². The molecule has 0 saturated carbocycles. The highest BCUT2D eigenvalue weighted by Crippen LogP contribution is 2.47. The quantitative estimate of drug-likeness (QED) is 0.660. The van der Waals surface area contributed by atoms with Gasteiger partial charge in [0.25, 0.3) is 5.91 Å². The van der Waals surface area contributed by atoms with Gasteiger partial charge in [-0.3, -0.25) is 9.69 Å². The van der Waals surface area contributed by atoms with Crippen LogP contribution >= 0.6 is 0 Å². The second-order valence-electron chi connectivity index (χ2n) is 10.1. The first-order chi connectivity index (χ1) is 14.6. The number of carbonyl (C=O) groups excluding carboxylic acids is 2. The van der Waals surface area contributed by atoms with Crippen LogP contribution in [0.25, 0.3) is 0 Å². The van der Waals surface area contributed by atoms with Crippen LogP contribution in [0.4, 0.5) is 10.5 Å². The van der Waals surface area contributed by atoms with E-state index < -0.39 is 5.60 Å². The lowest BCUT2D eigenvalue weighted by Gasteiger charge is -2.38. The van der Waals surface area contributed by atoms with Crippen LogP contribution in [-0.4, -0.2) is 67.2 Å². The van der Waals surface area contributed by atoms with Gasteiger partial charge in [-0.1, -0.05) is 13.8 Å². The maximum Gasteiger partial charge on any atom is 0.414 e. The molecule has 2 amide bonds. The highest BCUT2D eigenvalue weighted by Gasteiger charge is 2.42. The molecular weight excluding hydrogens is 390 g/mol. The van der Waals surface area contributed by atoms with Gasteiger partial charge in [-0.15, -0.1) is 0 Å². The highest BCUT2D eigenvalue weighted by atomic mass is 16.6. The number of nitrogens with zero attached hydrogens (tertiary/aromatic N) is 3. The fourth-order valence-electron chi connectivity index (χ4n) is 5.07. The molecule has 0 radical (unpaired) electrons. The number of benzene rings is 1. The minimum Gasteiger partial charge on any atom is -0.443 e. The molecule has 1 aromatic carbocycles. The molecule has 2 aliphatic rings. The molecule has 1 heterocycles. The smallest absolute Gasteiger partial charge is 0.414 e. The number of hydrogen-bond donors (Lipinski definition) is 0. The van der Waals surface area contributed by atoms with E-state index in [0.717, 1.165) is 55.6 Å². The molecule has 1 aliphatic carbocycles. The lowest BCUT2D eigenvalue weighted by atomic mass is 9.78. The fourth-order valence-corrected chi connectivity index (χ4v) is 5.07. The Balaban J connectivity index is 2.03. The lowest BCUT2D eigenvalue weighted by molar-refractivity contribution is 0.0580. The maximum atomic E-state index is 13.0. The van der Waals surface area contributed by atoms with Crippen molar-refractivity contribution in [3.63, 3.8) is 0 Å². The lowest BCUT2D eigenvalue weighted by Crippen LogP contribution is -2.42. The maximum absolute atomic E-state index is 13.0. The van der Waals surface area contributed by atoms with E-state index in [1.165, 1.54) is 5.56 Å². The average Bonchev–Trinajstić information content (AvgIpc) is 3.06. The zero-order chi connectivity index (χ0) is 22.9. The molecule has 0 aromatic heterocycles. The first kappa shape index (κ1) is 23.6. The molecule has 6 nitrogen and oxygen atoms in total. The first-order valence-corrected chi connectivity index (χ1v) is 11.7. The Morgan fingerprint density at radius 1 is 1.13 bits per heavy atom. The van der Waals surface area contributed by atoms with Gasteiger partial charge < -0.3 is 14.5 Å². The van der Waals surface area contributed by atoms with Gasteiger partial charge in [0.05, 0.1) is 5.69 Å². The molecule has 172 valence electrons. The predicted octanol–water partition coefficient (Wildman–Crippen LogP) is 4.66. The van der Waals surface area contributed by atoms with Crippen LogP contribution in [0.3, 0.4) is 0 Å². The number of carbonyl (C=O) groups is 2. The molecule has 0 spiro atoms. The van der Waals surface area contributed by atoms with Crippen LogP contribution in [-0.2, 0) is 11.2 Å². The van der Waals surface area contributed by atoms with Gasteiger partial charge in [-0.25, -0.2) is 4.79 Å². The van der Waals surface area contributed by atoms with Crippen molar-refractivity contribution < 1.29 is 14.3 Å². The Morgan fingerprint density at radius 2 is 1.77 bits per heavy atom. The first-order valence-electron chi connectivity index (χ1n) is 11.7. The van der Waals surface area contributed by atoms with Crippen LogP contribution < -0.4 is 4.90 Å². The Bertz CT molecular complexity index is 822. The summed E-state index contributed by atoms with van der Waals surface area (Å²) in [6, 6.07) is 4.23. The Morgan fingerprint density at radius 3 is 2.32 bits per heavy atom. The summed E-state index contributed by atoms with van der Waals surface area (Å²) in [5, 5.41) is 0. The molecule has 0 unspecified atom stereocenters. The van der Waals surface area contributed by atoms with Crippen LogP contribution in [0, 0.1) is 0 Å². The van der Waals surface area contributed by atoms with E-state index in [2.05, 4.69) is 18.7 Å². The summed E-state index contributed by atoms with van der Waals surface area (Å²) in [6.45, 7) is 12.9. The highest BCUT2D eigenvalue weighted by molar-refractivity contribution is 5.99. The molecule has 6 heteroatoms. The standard InChI is InChI=1S/C25H39N3O3/c1-8-12-27(13-9-2)18-14-17-16-28(24(30)31-25(3,4)5)21-11-10-19(23(29)26(6)7)20(15-18)22(17)21/h10-11,17-18H,8-9,12-16H2,1-7H3/t17-,18-/m1/s1. The van der Waals surface area contributed by atoms with Crippen LogP contribution in [0.5, 0.6) is 0 Å². The third-order valence-electron chi connectivity index (χ3n) is 6.22. The number of ether oxygens (including phenoxy) is 1. The zero-order valence-electron chi connectivity index (χ0n) is 20.3. The van der Waals surface area contributed by atoms with Crippen molar-refractivity contribution in [2.45, 2.75) is 77.9 Å². The van der Waals surface area contributed by atoms with Gasteiger partial charge in [0, 0.05) is 38.2 Å². The van der Waals surface area contributed by atoms with E-state index in [1.807, 2.05) is 32.9 Å². The number of amides is 2. The minimum absolute atomic E-state index is 0.0328. The molecule has 31 heavy (non-hydrogen) atoms. The Labute approximate surface area is 187 Å². The van der Waals surface area contributed by atoms with Crippen LogP contribution in [0.1, 0.15) is 81.3 Å². The van der Waals surface area contributed by atoms with Crippen LogP contribution in [0.15, 0.2) is 12.1 Å². The molecule has 2 atom stereocenters. The molecule has 0 fully saturated rings. The van der Waals surface area contributed by atoms with E-state index in [4.69, 9.17) is 4.74 Å². The molecular formula is C25H39N3O3. The molecule has 0 N–H and O–H groups in total. The van der Waals surface area contributed by atoms with Gasteiger partial charge in [0.2, 0.25) is 0 Å². The number of rotatable bonds is 6. The van der Waals surface area contributed by atoms with Crippen molar-refractivity contribution in [1.29, 1.82) is 0 Å². The van der Waals surface area contributed by atoms with Gasteiger partial charge in [-0.05, 0) is 82.8 Å². The normalized spacial score (nSPS) is 20.1. The second kappa shape index (κ2) is 9.19. The van der Waals surface area contributed by atoms with Gasteiger partial charge in [0.1, 0.15) is 5.60 Å². The fraction of sp³-hybridized carbons (Fsp3) is 0.680. The Kier molecular flexibility index (Phi) is 6.99. The average molecular weight is 430 g/mol. The second-order valence-corrected chi connectivity index (χ2v) is 10.1. The van der Waals surface area contributed by atoms with Crippen molar-refractivity contribution in [3.8, 4) is 0 Å². The summed E-state index contributed by atoms with van der Waals surface area (Å²) in [4.78, 5) is 32.0. The number of anilines is 1. The largest absolute Gasteiger partial charge is 0.443 e. The van der Waals surface area contributed by atoms with E-state index >= 15 is 0 Å². The van der Waals surface area contributed by atoms with E-state index in [-0.39, 0.29) is 17.9 Å². The third-order valence-corrected chi connectivity index (χ3v) is 6.22. The SMILES string of the molecule is CCCN(CCC)[C@H]1Cc2c(C(=O)N(C)C)ccc3c2[C@H](C1)CN3C(=O)OC(C)(C)C. The molecule has 1 aromatic rings. The summed E-state index contributed by atoms with van der Waals surface area (Å²) in [5.74, 6) is 0.271. The monoisotopic (exact) mass is 429 g/mol. The van der Waals surface area contributed by atoms with E-state index in [0.29, 0.717) is 12.6 Å². The Hall–Kier alpha value is -2.08. The summed E-state index contributed by atoms with van der Waals surface area (Å²) >= 11 is 0.